The molecule has 23 heavy (non-hydrogen) atoms. The molecule has 0 aromatic rings. The molecule has 5 heteroatoms. The van der Waals surface area contributed by atoms with Crippen molar-refractivity contribution in [3.63, 3.8) is 0 Å². The molecular formula is C18H31NO4. The summed E-state index contributed by atoms with van der Waals surface area (Å²) in [6.45, 7) is 10.3. The van der Waals surface area contributed by atoms with E-state index in [4.69, 9.17) is 9.47 Å². The number of esters is 1. The number of methoxy groups -OCH3 is 1. The molecule has 1 saturated heterocycles. The summed E-state index contributed by atoms with van der Waals surface area (Å²) in [6.07, 6.45) is 6.52. The summed E-state index contributed by atoms with van der Waals surface area (Å²) in [4.78, 5) is 26.0. The third-order valence-corrected chi connectivity index (χ3v) is 4.14. The first kappa shape index (κ1) is 19.5. The topological polar surface area (TPSA) is 55.8 Å². The molecule has 132 valence electrons. The lowest BCUT2D eigenvalue weighted by molar-refractivity contribution is -0.149. The van der Waals surface area contributed by atoms with Crippen LogP contribution in [0.15, 0.2) is 12.7 Å². The number of hydrogen-bond acceptors (Lipinski definition) is 4. The second kappa shape index (κ2) is 8.94. The highest BCUT2D eigenvalue weighted by Gasteiger charge is 2.37. The van der Waals surface area contributed by atoms with Crippen LogP contribution in [0, 0.1) is 11.8 Å². The summed E-state index contributed by atoms with van der Waals surface area (Å²) >= 11 is 0. The number of unbranched alkanes of at least 4 members (excludes halogenated alkanes) is 2. The average Bonchev–Trinajstić information content (AvgIpc) is 2.49. The van der Waals surface area contributed by atoms with Gasteiger partial charge in [0.05, 0.1) is 13.0 Å². The number of amides is 1. The largest absolute Gasteiger partial charge is 0.469 e. The molecule has 2 atom stereocenters. The summed E-state index contributed by atoms with van der Waals surface area (Å²) in [5.74, 6) is -0.220. The number of nitrogens with zero attached hydrogens (tertiary/aromatic N) is 1. The van der Waals surface area contributed by atoms with Gasteiger partial charge >= 0.3 is 12.1 Å². The van der Waals surface area contributed by atoms with Crippen LogP contribution in [0.4, 0.5) is 4.79 Å². The molecule has 0 N–H and O–H groups in total. The van der Waals surface area contributed by atoms with Crippen molar-refractivity contribution in [3.05, 3.63) is 12.7 Å². The van der Waals surface area contributed by atoms with Crippen LogP contribution in [0.25, 0.3) is 0 Å². The Hall–Kier alpha value is -1.52. The van der Waals surface area contributed by atoms with E-state index in [1.807, 2.05) is 26.8 Å². The maximum Gasteiger partial charge on any atom is 0.410 e. The van der Waals surface area contributed by atoms with Gasteiger partial charge < -0.3 is 14.4 Å². The Morgan fingerprint density at radius 2 is 2.00 bits per heavy atom. The standard InChI is InChI=1S/C18H31NO4/c1-6-7-8-9-10-14-11-12-19(13-15(14)16(20)22-5)17(21)23-18(2,3)4/h6,14-15H,1,7-13H2,2-5H3/t14-,15-/m0/s1. The molecule has 1 fully saturated rings. The van der Waals surface area contributed by atoms with Crippen LogP contribution < -0.4 is 0 Å². The Balaban J connectivity index is 2.64. The molecule has 1 aliphatic rings. The molecular weight excluding hydrogens is 294 g/mol. The van der Waals surface area contributed by atoms with Crippen LogP contribution in [0.2, 0.25) is 0 Å². The van der Waals surface area contributed by atoms with Gasteiger partial charge in [0, 0.05) is 13.1 Å². The zero-order chi connectivity index (χ0) is 17.5. The van der Waals surface area contributed by atoms with Crippen molar-refractivity contribution in [2.75, 3.05) is 20.2 Å². The van der Waals surface area contributed by atoms with E-state index in [1.165, 1.54) is 7.11 Å². The molecule has 0 radical (unpaired) electrons. The number of allylic oxidation sites excluding steroid dienone is 1. The Labute approximate surface area is 140 Å². The maximum absolute atomic E-state index is 12.2. The van der Waals surface area contributed by atoms with Crippen LogP contribution in [-0.4, -0.2) is 42.8 Å². The van der Waals surface area contributed by atoms with Gasteiger partial charge in [-0.2, -0.15) is 0 Å². The van der Waals surface area contributed by atoms with Crippen molar-refractivity contribution in [1.82, 2.24) is 4.90 Å². The van der Waals surface area contributed by atoms with Gasteiger partial charge in [0.25, 0.3) is 0 Å². The minimum absolute atomic E-state index is 0.230. The fourth-order valence-corrected chi connectivity index (χ4v) is 2.95. The van der Waals surface area contributed by atoms with Gasteiger partial charge in [0.15, 0.2) is 0 Å². The van der Waals surface area contributed by atoms with Gasteiger partial charge in [0.1, 0.15) is 5.60 Å². The summed E-state index contributed by atoms with van der Waals surface area (Å²) in [5.41, 5.74) is -0.528. The normalized spacial score (nSPS) is 21.7. The molecule has 1 rings (SSSR count). The third kappa shape index (κ3) is 6.63. The second-order valence-corrected chi connectivity index (χ2v) is 7.18. The predicted octanol–water partition coefficient (Wildman–Crippen LogP) is 3.78. The number of carbonyl (C=O) groups excluding carboxylic acids is 2. The van der Waals surface area contributed by atoms with Gasteiger partial charge in [-0.25, -0.2) is 4.79 Å². The van der Waals surface area contributed by atoms with Crippen LogP contribution in [0.1, 0.15) is 52.9 Å². The smallest absolute Gasteiger partial charge is 0.410 e. The lowest BCUT2D eigenvalue weighted by Gasteiger charge is -2.37. The lowest BCUT2D eigenvalue weighted by Crippen LogP contribution is -2.48. The fraction of sp³-hybridized carbons (Fsp3) is 0.778. The van der Waals surface area contributed by atoms with E-state index in [1.54, 1.807) is 4.90 Å². The summed E-state index contributed by atoms with van der Waals surface area (Å²) in [7, 11) is 1.41. The first-order valence-corrected chi connectivity index (χ1v) is 8.45. The molecule has 0 aromatic carbocycles. The number of hydrogen-bond donors (Lipinski definition) is 0. The molecule has 0 aliphatic carbocycles. The van der Waals surface area contributed by atoms with Crippen molar-refractivity contribution in [2.45, 2.75) is 58.5 Å². The number of ether oxygens (including phenoxy) is 2. The molecule has 0 bridgehead atoms. The molecule has 1 aliphatic heterocycles. The maximum atomic E-state index is 12.2. The van der Waals surface area contributed by atoms with Crippen molar-refractivity contribution in [2.24, 2.45) is 11.8 Å². The first-order chi connectivity index (χ1) is 10.8. The van der Waals surface area contributed by atoms with Gasteiger partial charge in [-0.15, -0.1) is 6.58 Å². The number of likely N-dealkylation sites (tertiary alicyclic amines) is 1. The summed E-state index contributed by atoms with van der Waals surface area (Å²) < 4.78 is 10.4. The van der Waals surface area contributed by atoms with E-state index in [0.29, 0.717) is 13.1 Å². The predicted molar refractivity (Wildman–Crippen MR) is 90.1 cm³/mol. The molecule has 5 nitrogen and oxygen atoms in total. The number of rotatable bonds is 6. The molecule has 0 saturated carbocycles. The average molecular weight is 325 g/mol. The van der Waals surface area contributed by atoms with Crippen molar-refractivity contribution >= 4 is 12.1 Å². The molecule has 0 unspecified atom stereocenters. The van der Waals surface area contributed by atoms with Gasteiger partial charge in [-0.05, 0) is 52.4 Å². The van der Waals surface area contributed by atoms with Crippen molar-refractivity contribution in [3.8, 4) is 0 Å². The van der Waals surface area contributed by atoms with E-state index in [9.17, 15) is 9.59 Å². The first-order valence-electron chi connectivity index (χ1n) is 8.45. The Morgan fingerprint density at radius 3 is 2.57 bits per heavy atom. The third-order valence-electron chi connectivity index (χ3n) is 4.14. The zero-order valence-electron chi connectivity index (χ0n) is 15.0. The molecule has 1 amide bonds. The van der Waals surface area contributed by atoms with Gasteiger partial charge in [0.2, 0.25) is 0 Å². The van der Waals surface area contributed by atoms with E-state index in [2.05, 4.69) is 6.58 Å². The number of piperidine rings is 1. The van der Waals surface area contributed by atoms with Crippen LogP contribution in [-0.2, 0) is 14.3 Å². The Morgan fingerprint density at radius 1 is 1.30 bits per heavy atom. The van der Waals surface area contributed by atoms with Gasteiger partial charge in [-0.1, -0.05) is 12.5 Å². The van der Waals surface area contributed by atoms with Crippen molar-refractivity contribution < 1.29 is 19.1 Å². The molecule has 1 heterocycles. The van der Waals surface area contributed by atoms with Crippen LogP contribution >= 0.6 is 0 Å². The highest BCUT2D eigenvalue weighted by Crippen LogP contribution is 2.30. The summed E-state index contributed by atoms with van der Waals surface area (Å²) in [6, 6.07) is 0. The van der Waals surface area contributed by atoms with E-state index in [0.717, 1.165) is 32.1 Å². The zero-order valence-corrected chi connectivity index (χ0v) is 15.0. The van der Waals surface area contributed by atoms with Crippen LogP contribution in [0.3, 0.4) is 0 Å². The van der Waals surface area contributed by atoms with Gasteiger partial charge in [-0.3, -0.25) is 4.79 Å². The summed E-state index contributed by atoms with van der Waals surface area (Å²) in [5, 5.41) is 0. The van der Waals surface area contributed by atoms with E-state index in [-0.39, 0.29) is 23.9 Å². The monoisotopic (exact) mass is 325 g/mol. The highest BCUT2D eigenvalue weighted by molar-refractivity contribution is 5.75. The van der Waals surface area contributed by atoms with Crippen molar-refractivity contribution in [1.29, 1.82) is 0 Å². The Bertz CT molecular complexity index is 414. The fourth-order valence-electron chi connectivity index (χ4n) is 2.95. The lowest BCUT2D eigenvalue weighted by atomic mass is 9.82. The SMILES string of the molecule is C=CCCCC[C@H]1CCN(C(=O)OC(C)(C)C)C[C@@H]1C(=O)OC. The molecule has 0 spiro atoms. The second-order valence-electron chi connectivity index (χ2n) is 7.18. The van der Waals surface area contributed by atoms with Crippen LogP contribution in [0.5, 0.6) is 0 Å². The molecule has 0 aromatic heterocycles. The van der Waals surface area contributed by atoms with E-state index >= 15 is 0 Å². The minimum Gasteiger partial charge on any atom is -0.469 e. The highest BCUT2D eigenvalue weighted by atomic mass is 16.6. The Kier molecular flexibility index (Phi) is 7.59. The minimum atomic E-state index is -0.528. The number of carbonyl (C=O) groups is 2. The van der Waals surface area contributed by atoms with E-state index < -0.39 is 5.60 Å². The quantitative estimate of drug-likeness (QED) is 0.424.